The van der Waals surface area contributed by atoms with Crippen molar-refractivity contribution < 1.29 is 23.1 Å². The van der Waals surface area contributed by atoms with E-state index in [-0.39, 0.29) is 21.7 Å². The Bertz CT molecular complexity index is 1620. The summed E-state index contributed by atoms with van der Waals surface area (Å²) in [5.41, 5.74) is 4.53. The standard InChI is InChI=1S/C48H68O5Si2/c1-17-49-37-25-21-33(45(5,6)7)29-41(37)54(42-30-34(46(8,9)10)22-26-38(42)50-18-2)53-55(43-31-35(47(11,12)13)23-27-39(43)51-19-3)44-32-36(48(14,15)16)24-28-40(44)52-20-4/h21-32H,17-20H2,1-16H3. The van der Waals surface area contributed by atoms with Gasteiger partial charge in [0.1, 0.15) is 23.0 Å². The van der Waals surface area contributed by atoms with Crippen LogP contribution in [0.25, 0.3) is 0 Å². The van der Waals surface area contributed by atoms with Gasteiger partial charge in [-0.3, -0.25) is 0 Å². The van der Waals surface area contributed by atoms with Crippen LogP contribution in [0.2, 0.25) is 0 Å². The van der Waals surface area contributed by atoms with E-state index in [2.05, 4.69) is 184 Å². The van der Waals surface area contributed by atoms with Crippen LogP contribution in [0.4, 0.5) is 0 Å². The van der Waals surface area contributed by atoms with Crippen LogP contribution in [0.5, 0.6) is 23.0 Å². The quantitative estimate of drug-likeness (QED) is 0.119. The summed E-state index contributed by atoms with van der Waals surface area (Å²) in [6, 6.07) is 26.7. The lowest BCUT2D eigenvalue weighted by Gasteiger charge is -2.31. The summed E-state index contributed by atoms with van der Waals surface area (Å²) >= 11 is 0. The molecule has 0 saturated heterocycles. The van der Waals surface area contributed by atoms with Gasteiger partial charge in [0.2, 0.25) is 0 Å². The number of hydrogen-bond acceptors (Lipinski definition) is 5. The van der Waals surface area contributed by atoms with E-state index in [1.165, 1.54) is 22.3 Å². The van der Waals surface area contributed by atoms with Crippen molar-refractivity contribution in [3.63, 3.8) is 0 Å². The van der Waals surface area contributed by atoms with E-state index >= 15 is 0 Å². The highest BCUT2D eigenvalue weighted by atomic mass is 28.4. The Hall–Kier alpha value is -3.53. The van der Waals surface area contributed by atoms with E-state index in [9.17, 15) is 0 Å². The van der Waals surface area contributed by atoms with Crippen molar-refractivity contribution in [1.82, 2.24) is 0 Å². The molecule has 55 heavy (non-hydrogen) atoms. The van der Waals surface area contributed by atoms with Gasteiger partial charge in [0.25, 0.3) is 18.1 Å². The van der Waals surface area contributed by atoms with Crippen LogP contribution in [0.1, 0.15) is 133 Å². The molecule has 0 amide bonds. The van der Waals surface area contributed by atoms with Crippen LogP contribution < -0.4 is 39.7 Å². The van der Waals surface area contributed by atoms with E-state index in [1.54, 1.807) is 0 Å². The van der Waals surface area contributed by atoms with E-state index in [1.807, 2.05) is 0 Å². The second-order valence-electron chi connectivity index (χ2n) is 18.3. The van der Waals surface area contributed by atoms with Crippen LogP contribution in [0.3, 0.4) is 0 Å². The molecule has 5 nitrogen and oxygen atoms in total. The largest absolute Gasteiger partial charge is 0.494 e. The molecule has 2 radical (unpaired) electrons. The van der Waals surface area contributed by atoms with Gasteiger partial charge in [-0.1, -0.05) is 132 Å². The Morgan fingerprint density at radius 3 is 0.709 bits per heavy atom. The Kier molecular flexibility index (Phi) is 14.2. The van der Waals surface area contributed by atoms with Gasteiger partial charge in [-0.05, 0) is 95.9 Å². The summed E-state index contributed by atoms with van der Waals surface area (Å²) in [6.07, 6.45) is 0. The van der Waals surface area contributed by atoms with Crippen LogP contribution >= 0.6 is 0 Å². The molecule has 0 aliphatic carbocycles. The Morgan fingerprint density at radius 2 is 0.545 bits per heavy atom. The van der Waals surface area contributed by atoms with Gasteiger partial charge >= 0.3 is 0 Å². The zero-order chi connectivity index (χ0) is 40.9. The fourth-order valence-corrected chi connectivity index (χ4v) is 12.3. The third kappa shape index (κ3) is 10.9. The Labute approximate surface area is 337 Å². The first kappa shape index (κ1) is 44.2. The lowest BCUT2D eigenvalue weighted by molar-refractivity contribution is 0.340. The zero-order valence-corrected chi connectivity index (χ0v) is 38.8. The summed E-state index contributed by atoms with van der Waals surface area (Å²) in [5.74, 6) is 3.38. The molecular formula is C48H68O5Si2. The maximum Gasteiger partial charge on any atom is 0.280 e. The second-order valence-corrected chi connectivity index (χ2v) is 22.6. The molecule has 0 N–H and O–H groups in total. The van der Waals surface area contributed by atoms with Gasteiger partial charge < -0.3 is 23.1 Å². The van der Waals surface area contributed by atoms with Gasteiger partial charge in [-0.2, -0.15) is 0 Å². The maximum absolute atomic E-state index is 8.10. The maximum atomic E-state index is 8.10. The van der Waals surface area contributed by atoms with Crippen LogP contribution in [-0.2, 0) is 25.8 Å². The average Bonchev–Trinajstić information content (AvgIpc) is 3.09. The molecule has 0 bridgehead atoms. The number of benzene rings is 4. The monoisotopic (exact) mass is 780 g/mol. The summed E-state index contributed by atoms with van der Waals surface area (Å²) in [5, 5.41) is 4.29. The molecule has 0 atom stereocenters. The topological polar surface area (TPSA) is 46.2 Å². The lowest BCUT2D eigenvalue weighted by atomic mass is 9.87. The fraction of sp³-hybridized carbons (Fsp3) is 0.500. The van der Waals surface area contributed by atoms with Gasteiger partial charge in [0, 0.05) is 20.7 Å². The molecule has 298 valence electrons. The minimum Gasteiger partial charge on any atom is -0.494 e. The molecule has 0 spiro atoms. The number of ether oxygens (including phenoxy) is 4. The fourth-order valence-electron chi connectivity index (χ4n) is 6.43. The van der Waals surface area contributed by atoms with Crippen molar-refractivity contribution in [3.8, 4) is 23.0 Å². The van der Waals surface area contributed by atoms with Gasteiger partial charge in [-0.25, -0.2) is 0 Å². The number of hydrogen-bond donors (Lipinski definition) is 0. The first-order valence-electron chi connectivity index (χ1n) is 20.2. The van der Waals surface area contributed by atoms with E-state index in [0.29, 0.717) is 26.4 Å². The highest BCUT2D eigenvalue weighted by molar-refractivity contribution is 6.93. The molecule has 0 heterocycles. The van der Waals surface area contributed by atoms with Crippen molar-refractivity contribution >= 4 is 38.8 Å². The molecule has 4 aromatic carbocycles. The van der Waals surface area contributed by atoms with Crippen molar-refractivity contribution in [2.75, 3.05) is 26.4 Å². The van der Waals surface area contributed by atoms with Gasteiger partial charge in [0.15, 0.2) is 0 Å². The first-order valence-corrected chi connectivity index (χ1v) is 23.0. The Balaban J connectivity index is 2.24. The SMILES string of the molecule is CCOc1ccc(C(C)(C)C)cc1[Si](O[Si](c1cc(C(C)(C)C)ccc1OCC)c1cc(C(C)(C)C)ccc1OCC)c1cc(C(C)(C)C)ccc1OCC. The predicted octanol–water partition coefficient (Wildman–Crippen LogP) is 9.40. The molecule has 0 unspecified atom stereocenters. The molecular weight excluding hydrogens is 713 g/mol. The average molecular weight is 781 g/mol. The van der Waals surface area contributed by atoms with Crippen molar-refractivity contribution in [1.29, 1.82) is 0 Å². The smallest absolute Gasteiger partial charge is 0.280 e. The van der Waals surface area contributed by atoms with E-state index in [4.69, 9.17) is 23.1 Å². The van der Waals surface area contributed by atoms with Crippen molar-refractivity contribution in [2.24, 2.45) is 0 Å². The Morgan fingerprint density at radius 1 is 0.345 bits per heavy atom. The van der Waals surface area contributed by atoms with Crippen LogP contribution in [-0.4, -0.2) is 44.5 Å². The van der Waals surface area contributed by atoms with Crippen molar-refractivity contribution in [2.45, 2.75) is 132 Å². The molecule has 4 aromatic rings. The summed E-state index contributed by atoms with van der Waals surface area (Å²) in [4.78, 5) is 0. The highest BCUT2D eigenvalue weighted by Crippen LogP contribution is 2.30. The normalized spacial score (nSPS) is 12.7. The van der Waals surface area contributed by atoms with Crippen molar-refractivity contribution in [3.05, 3.63) is 95.1 Å². The molecule has 0 aliphatic heterocycles. The molecule has 0 saturated carbocycles. The predicted molar refractivity (Wildman–Crippen MR) is 236 cm³/mol. The van der Waals surface area contributed by atoms with Gasteiger partial charge in [-0.15, -0.1) is 0 Å². The summed E-state index contributed by atoms with van der Waals surface area (Å²) in [6.45, 7) is 37.5. The summed E-state index contributed by atoms with van der Waals surface area (Å²) in [7, 11) is -4.27. The van der Waals surface area contributed by atoms with E-state index < -0.39 is 18.1 Å². The van der Waals surface area contributed by atoms with E-state index in [0.717, 1.165) is 43.7 Å². The van der Waals surface area contributed by atoms with Gasteiger partial charge in [0.05, 0.1) is 26.4 Å². The molecule has 4 rings (SSSR count). The van der Waals surface area contributed by atoms with Crippen LogP contribution in [0.15, 0.2) is 72.8 Å². The summed E-state index contributed by atoms with van der Waals surface area (Å²) < 4.78 is 34.2. The van der Waals surface area contributed by atoms with Crippen LogP contribution in [0, 0.1) is 0 Å². The minimum absolute atomic E-state index is 0.0946. The third-order valence-corrected chi connectivity index (χ3v) is 14.9. The number of rotatable bonds is 14. The lowest BCUT2D eigenvalue weighted by Crippen LogP contribution is -2.57. The molecule has 0 aromatic heterocycles. The first-order chi connectivity index (χ1) is 25.6. The highest BCUT2D eigenvalue weighted by Gasteiger charge is 2.38. The zero-order valence-electron chi connectivity index (χ0n) is 36.8. The minimum atomic E-state index is -2.13. The molecule has 0 aliphatic rings. The molecule has 0 fully saturated rings. The molecule has 7 heteroatoms. The second kappa shape index (κ2) is 17.7. The third-order valence-electron chi connectivity index (χ3n) is 9.76.